The number of pyridine rings is 1. The van der Waals surface area contributed by atoms with Crippen molar-refractivity contribution in [2.24, 2.45) is 0 Å². The van der Waals surface area contributed by atoms with Gasteiger partial charge in [-0.3, -0.25) is 9.97 Å². The van der Waals surface area contributed by atoms with Crippen molar-refractivity contribution < 1.29 is 36.7 Å². The van der Waals surface area contributed by atoms with Gasteiger partial charge in [-0.25, -0.2) is 0 Å². The number of nitrogens with one attached hydrogen (secondary N) is 1. The van der Waals surface area contributed by atoms with Gasteiger partial charge in [0.25, 0.3) is 0 Å². The van der Waals surface area contributed by atoms with Crippen LogP contribution in [0.5, 0.6) is 23.0 Å². The van der Waals surface area contributed by atoms with E-state index < -0.39 is 23.6 Å². The number of nitrogens with zero attached hydrogens (tertiary/aromatic N) is 2. The largest absolute Gasteiger partial charge is 0.609 e. The maximum Gasteiger partial charge on any atom is 0.468 e. The molecule has 4 rings (SSSR count). The topological polar surface area (TPSA) is 102 Å². The Labute approximate surface area is 165 Å². The number of hydrogen-bond donors (Lipinski definition) is 1. The maximum absolute atomic E-state index is 13.3. The second-order valence-corrected chi connectivity index (χ2v) is 7.34. The second kappa shape index (κ2) is 7.19. The molecule has 154 valence electrons. The number of aromatic amines is 1. The molecule has 29 heavy (non-hydrogen) atoms. The lowest BCUT2D eigenvalue weighted by Gasteiger charge is -2.28. The van der Waals surface area contributed by atoms with Gasteiger partial charge in [0.2, 0.25) is 0 Å². The molecule has 0 aliphatic carbocycles. The molecule has 12 heteroatoms. The minimum absolute atomic E-state index is 0.0114. The van der Waals surface area contributed by atoms with Crippen LogP contribution in [-0.2, 0) is 16.9 Å². The lowest BCUT2D eigenvalue weighted by atomic mass is 10.2. The van der Waals surface area contributed by atoms with E-state index in [1.54, 1.807) is 6.07 Å². The number of imidazole rings is 1. The number of rotatable bonds is 5. The zero-order chi connectivity index (χ0) is 20.8. The fourth-order valence-electron chi connectivity index (χ4n) is 2.71. The van der Waals surface area contributed by atoms with Crippen molar-refractivity contribution >= 4 is 22.2 Å². The van der Waals surface area contributed by atoms with Crippen LogP contribution in [0.4, 0.5) is 13.2 Å². The highest BCUT2D eigenvalue weighted by atomic mass is 32.2. The average molecular weight is 429 g/mol. The first-order valence-corrected chi connectivity index (χ1v) is 9.49. The van der Waals surface area contributed by atoms with Crippen molar-refractivity contribution in [1.29, 1.82) is 0 Å². The fraction of sp³-hybridized carbons (Fsp3) is 0.294. The lowest BCUT2D eigenvalue weighted by molar-refractivity contribution is -0.281. The summed E-state index contributed by atoms with van der Waals surface area (Å²) in [6, 6.07) is 4.01. The molecule has 1 aromatic carbocycles. The van der Waals surface area contributed by atoms with Gasteiger partial charge in [-0.1, -0.05) is 0 Å². The molecule has 0 spiro atoms. The highest BCUT2D eigenvalue weighted by Gasteiger charge is 2.49. The van der Waals surface area contributed by atoms with E-state index >= 15 is 0 Å². The summed E-state index contributed by atoms with van der Waals surface area (Å²) >= 11 is -1.64. The average Bonchev–Trinajstić information content (AvgIpc) is 3.10. The third-order valence-electron chi connectivity index (χ3n) is 4.09. The summed E-state index contributed by atoms with van der Waals surface area (Å²) in [5, 5.41) is 0.0856. The maximum atomic E-state index is 13.3. The normalized spacial score (nSPS) is 18.5. The lowest BCUT2D eigenvalue weighted by Crippen LogP contribution is -2.43. The first-order chi connectivity index (χ1) is 13.8. The molecule has 0 radical (unpaired) electrons. The molecule has 1 N–H and O–H groups in total. The van der Waals surface area contributed by atoms with E-state index in [1.807, 2.05) is 0 Å². The van der Waals surface area contributed by atoms with E-state index in [4.69, 9.17) is 9.47 Å². The summed E-state index contributed by atoms with van der Waals surface area (Å²) in [4.78, 5) is 11.1. The number of alkyl halides is 3. The third kappa shape index (κ3) is 3.60. The summed E-state index contributed by atoms with van der Waals surface area (Å²) in [5.74, 6) is 0.305. The molecule has 2 atom stereocenters. The summed E-state index contributed by atoms with van der Waals surface area (Å²) in [5.41, 5.74) is 1.00. The van der Waals surface area contributed by atoms with Gasteiger partial charge in [0.05, 0.1) is 37.1 Å². The molecule has 2 aromatic heterocycles. The molecule has 2 unspecified atom stereocenters. The molecule has 0 amide bonds. The van der Waals surface area contributed by atoms with Gasteiger partial charge in [-0.05, 0) is 0 Å². The van der Waals surface area contributed by atoms with Gasteiger partial charge in [-0.15, -0.1) is 0 Å². The van der Waals surface area contributed by atoms with E-state index in [9.17, 15) is 17.7 Å². The minimum atomic E-state index is -4.11. The Balaban J connectivity index is 1.60. The number of H-pyrrole nitrogens is 1. The smallest absolute Gasteiger partial charge is 0.468 e. The highest BCUT2D eigenvalue weighted by Crippen LogP contribution is 2.42. The summed E-state index contributed by atoms with van der Waals surface area (Å²) in [6.07, 6.45) is -5.60. The highest BCUT2D eigenvalue weighted by molar-refractivity contribution is 7.90. The molecule has 1 aliphatic heterocycles. The number of ether oxygens (including phenoxy) is 4. The molecular formula is C17H14F3N3O5S. The van der Waals surface area contributed by atoms with Crippen LogP contribution in [0.1, 0.15) is 5.69 Å². The zero-order valence-electron chi connectivity index (χ0n) is 15.1. The number of halogens is 3. The molecule has 0 saturated heterocycles. The molecule has 0 bridgehead atoms. The Bertz CT molecular complexity index is 1060. The van der Waals surface area contributed by atoms with Crippen LogP contribution in [0.3, 0.4) is 0 Å². The Morgan fingerprint density at radius 3 is 2.69 bits per heavy atom. The number of aromatic nitrogens is 3. The summed E-state index contributed by atoms with van der Waals surface area (Å²) < 4.78 is 71.9. The minimum Gasteiger partial charge on any atom is -0.609 e. The van der Waals surface area contributed by atoms with Crippen LogP contribution in [0.2, 0.25) is 0 Å². The molecule has 1 aliphatic rings. The molecule has 3 heterocycles. The van der Waals surface area contributed by atoms with E-state index in [1.165, 1.54) is 26.5 Å². The fourth-order valence-corrected chi connectivity index (χ4v) is 3.69. The number of benzene rings is 1. The summed E-state index contributed by atoms with van der Waals surface area (Å²) in [6.45, 7) is 0. The van der Waals surface area contributed by atoms with Crippen molar-refractivity contribution in [2.75, 3.05) is 14.2 Å². The first-order valence-electron chi connectivity index (χ1n) is 8.17. The Morgan fingerprint density at radius 2 is 1.97 bits per heavy atom. The predicted octanol–water partition coefficient (Wildman–Crippen LogP) is 2.94. The SMILES string of the molecule is COc1cnc(C[S+]([O-])c2nc3cc4c(cc3[nH]2)OC(F)C(F)(F)O4)cc1OC. The van der Waals surface area contributed by atoms with Gasteiger partial charge < -0.3 is 23.5 Å². The Hall–Kier alpha value is -2.86. The van der Waals surface area contributed by atoms with Crippen molar-refractivity contribution in [2.45, 2.75) is 23.4 Å². The van der Waals surface area contributed by atoms with Crippen molar-refractivity contribution in [3.8, 4) is 23.0 Å². The third-order valence-corrected chi connectivity index (χ3v) is 5.27. The molecular weight excluding hydrogens is 415 g/mol. The zero-order valence-corrected chi connectivity index (χ0v) is 15.9. The predicted molar refractivity (Wildman–Crippen MR) is 94.6 cm³/mol. The van der Waals surface area contributed by atoms with Gasteiger partial charge in [0.15, 0.2) is 28.8 Å². The van der Waals surface area contributed by atoms with Gasteiger partial charge in [0.1, 0.15) is 0 Å². The monoisotopic (exact) mass is 429 g/mol. The van der Waals surface area contributed by atoms with Crippen LogP contribution in [-0.4, -0.2) is 46.2 Å². The number of hydrogen-bond acceptors (Lipinski definition) is 7. The van der Waals surface area contributed by atoms with Crippen LogP contribution in [0.15, 0.2) is 29.6 Å². The quantitative estimate of drug-likeness (QED) is 0.622. The van der Waals surface area contributed by atoms with Crippen LogP contribution >= 0.6 is 0 Å². The van der Waals surface area contributed by atoms with Crippen LogP contribution in [0, 0.1) is 0 Å². The Kier molecular flexibility index (Phi) is 4.82. The van der Waals surface area contributed by atoms with E-state index in [0.717, 1.165) is 6.07 Å². The van der Waals surface area contributed by atoms with Crippen molar-refractivity contribution in [3.63, 3.8) is 0 Å². The molecule has 0 fully saturated rings. The van der Waals surface area contributed by atoms with Crippen LogP contribution < -0.4 is 18.9 Å². The molecule has 0 saturated carbocycles. The van der Waals surface area contributed by atoms with Gasteiger partial charge >= 0.3 is 17.6 Å². The van der Waals surface area contributed by atoms with E-state index in [2.05, 4.69) is 24.4 Å². The van der Waals surface area contributed by atoms with Gasteiger partial charge in [-0.2, -0.15) is 18.2 Å². The van der Waals surface area contributed by atoms with E-state index in [0.29, 0.717) is 22.7 Å². The summed E-state index contributed by atoms with van der Waals surface area (Å²) in [7, 11) is 2.94. The standard InChI is InChI=1S/C17H14F3N3O5S/c1-25-11-3-8(21-6-14(11)26-2)7-29(24)16-22-9-4-12-13(5-10(9)23-16)28-17(19,20)15(18)27-12/h3-6,15H,7H2,1-2H3,(H,22,23). The molecule has 8 nitrogen and oxygen atoms in total. The van der Waals surface area contributed by atoms with Crippen molar-refractivity contribution in [1.82, 2.24) is 15.0 Å². The van der Waals surface area contributed by atoms with Crippen molar-refractivity contribution in [3.05, 3.63) is 30.1 Å². The number of fused-ring (bicyclic) bond motifs is 2. The second-order valence-electron chi connectivity index (χ2n) is 5.98. The number of methoxy groups -OCH3 is 2. The first kappa shape index (κ1) is 19.5. The van der Waals surface area contributed by atoms with Crippen LogP contribution in [0.25, 0.3) is 11.0 Å². The van der Waals surface area contributed by atoms with E-state index in [-0.39, 0.29) is 27.9 Å². The molecule has 3 aromatic rings. The Morgan fingerprint density at radius 1 is 1.21 bits per heavy atom. The van der Waals surface area contributed by atoms with Gasteiger partial charge in [0, 0.05) is 29.4 Å².